The molecule has 0 unspecified atom stereocenters. The minimum absolute atomic E-state index is 0.254. The number of rotatable bonds is 6. The van der Waals surface area contributed by atoms with Crippen molar-refractivity contribution in [3.63, 3.8) is 0 Å². The van der Waals surface area contributed by atoms with Crippen molar-refractivity contribution in [2.45, 2.75) is 50.5 Å². The van der Waals surface area contributed by atoms with Crippen LogP contribution >= 0.6 is 15.9 Å². The van der Waals surface area contributed by atoms with E-state index in [2.05, 4.69) is 21.2 Å². The van der Waals surface area contributed by atoms with Gasteiger partial charge in [0.1, 0.15) is 11.6 Å². The first kappa shape index (κ1) is 27.4. The normalized spacial score (nSPS) is 23.4. The second-order valence-electron chi connectivity index (χ2n) is 11.3. The summed E-state index contributed by atoms with van der Waals surface area (Å²) in [6, 6.07) is 19.8. The Labute approximate surface area is 246 Å². The Morgan fingerprint density at radius 1 is 1.05 bits per heavy atom. The zero-order valence-corrected chi connectivity index (χ0v) is 24.4. The van der Waals surface area contributed by atoms with Crippen LogP contribution in [0.4, 0.5) is 4.39 Å². The molecule has 3 saturated carbocycles. The SMILES string of the molecule is COc1ccc(F)cc1[C@H]1CC2(C(=O)O)CCC1(NC(=O)c1c(C)c(-c3ccccc3)nc3ccc(Br)cc13)CC2. The summed E-state index contributed by atoms with van der Waals surface area (Å²) < 4.78 is 21.0. The molecule has 3 aliphatic rings. The van der Waals surface area contributed by atoms with Crippen molar-refractivity contribution < 1.29 is 23.8 Å². The van der Waals surface area contributed by atoms with Gasteiger partial charge in [-0.3, -0.25) is 9.59 Å². The van der Waals surface area contributed by atoms with E-state index in [1.54, 1.807) is 6.07 Å². The number of nitrogens with zero attached hydrogens (tertiary/aromatic N) is 1. The van der Waals surface area contributed by atoms with Crippen LogP contribution in [0.5, 0.6) is 5.75 Å². The van der Waals surface area contributed by atoms with Gasteiger partial charge in [-0.2, -0.15) is 0 Å². The van der Waals surface area contributed by atoms with Crippen molar-refractivity contribution in [1.82, 2.24) is 10.3 Å². The molecule has 41 heavy (non-hydrogen) atoms. The fourth-order valence-electron chi connectivity index (χ4n) is 7.00. The number of hydrogen-bond acceptors (Lipinski definition) is 4. The van der Waals surface area contributed by atoms with Crippen LogP contribution in [0.3, 0.4) is 0 Å². The Balaban J connectivity index is 1.49. The first-order valence-electron chi connectivity index (χ1n) is 13.7. The third kappa shape index (κ3) is 4.58. The Morgan fingerprint density at radius 2 is 1.78 bits per heavy atom. The molecule has 1 atom stereocenters. The number of carbonyl (C=O) groups excluding carboxylic acids is 1. The Bertz CT molecular complexity index is 1680. The highest BCUT2D eigenvalue weighted by Gasteiger charge is 2.59. The second kappa shape index (κ2) is 10.2. The largest absolute Gasteiger partial charge is 0.496 e. The lowest BCUT2D eigenvalue weighted by molar-refractivity contribution is -0.157. The van der Waals surface area contributed by atoms with Crippen molar-refractivity contribution in [3.05, 3.63) is 93.7 Å². The summed E-state index contributed by atoms with van der Waals surface area (Å²) in [6.45, 7) is 1.91. The van der Waals surface area contributed by atoms with E-state index < -0.39 is 28.7 Å². The molecule has 3 aliphatic carbocycles. The number of aromatic nitrogens is 1. The van der Waals surface area contributed by atoms with Crippen molar-refractivity contribution in [1.29, 1.82) is 0 Å². The van der Waals surface area contributed by atoms with Gasteiger partial charge in [0.05, 0.1) is 29.3 Å². The smallest absolute Gasteiger partial charge is 0.309 e. The summed E-state index contributed by atoms with van der Waals surface area (Å²) >= 11 is 3.55. The van der Waals surface area contributed by atoms with Gasteiger partial charge in [0.15, 0.2) is 0 Å². The number of amides is 1. The molecule has 0 aliphatic heterocycles. The molecule has 2 N–H and O–H groups in total. The quantitative estimate of drug-likeness (QED) is 0.235. The maximum atomic E-state index is 14.6. The molecule has 0 radical (unpaired) electrons. The van der Waals surface area contributed by atoms with Gasteiger partial charge in [-0.15, -0.1) is 0 Å². The fourth-order valence-corrected chi connectivity index (χ4v) is 7.36. The van der Waals surface area contributed by atoms with E-state index in [1.165, 1.54) is 19.2 Å². The van der Waals surface area contributed by atoms with Gasteiger partial charge in [0, 0.05) is 32.4 Å². The highest BCUT2D eigenvalue weighted by Crippen LogP contribution is 2.60. The molecule has 210 valence electrons. The van der Waals surface area contributed by atoms with Crippen LogP contribution < -0.4 is 10.1 Å². The average molecular weight is 618 g/mol. The first-order chi connectivity index (χ1) is 19.7. The molecule has 1 heterocycles. The molecule has 3 aromatic carbocycles. The molecule has 6 nitrogen and oxygen atoms in total. The Hall–Kier alpha value is -3.78. The van der Waals surface area contributed by atoms with Gasteiger partial charge in [0.2, 0.25) is 0 Å². The Morgan fingerprint density at radius 3 is 2.46 bits per heavy atom. The number of nitrogens with one attached hydrogen (secondary N) is 1. The van der Waals surface area contributed by atoms with Gasteiger partial charge in [-0.05, 0) is 81.0 Å². The molecular formula is C33H30BrFN2O4. The van der Waals surface area contributed by atoms with Gasteiger partial charge in [-0.25, -0.2) is 9.37 Å². The standard InChI is InChI=1S/C33H30BrFN2O4/c1-19-28(24-16-21(34)8-10-26(24)36-29(19)20-6-4-3-5-7-20)30(38)37-33-14-12-32(13-15-33,31(39)40)18-25(33)23-17-22(35)9-11-27(23)41-2/h3-11,16-17,25H,12-15,18H2,1-2H3,(H,37,38)(H,39,40)/t25-,32?,33?/m1/s1. The zero-order chi connectivity index (χ0) is 28.9. The number of hydrogen-bond donors (Lipinski definition) is 2. The average Bonchev–Trinajstić information content (AvgIpc) is 2.97. The third-order valence-corrected chi connectivity index (χ3v) is 9.70. The molecule has 0 saturated heterocycles. The van der Waals surface area contributed by atoms with E-state index in [0.29, 0.717) is 54.5 Å². The van der Waals surface area contributed by atoms with Crippen LogP contribution in [0.15, 0.2) is 71.2 Å². The number of benzene rings is 3. The number of methoxy groups -OCH3 is 1. The van der Waals surface area contributed by atoms with E-state index >= 15 is 0 Å². The van der Waals surface area contributed by atoms with Crippen LogP contribution in [0.2, 0.25) is 0 Å². The first-order valence-corrected chi connectivity index (χ1v) is 14.5. The number of pyridine rings is 1. The predicted octanol–water partition coefficient (Wildman–Crippen LogP) is 7.42. The second-order valence-corrected chi connectivity index (χ2v) is 12.2. The highest BCUT2D eigenvalue weighted by molar-refractivity contribution is 9.10. The number of ether oxygens (including phenoxy) is 1. The minimum atomic E-state index is -0.918. The molecule has 4 aromatic rings. The maximum absolute atomic E-state index is 14.6. The van der Waals surface area contributed by atoms with Crippen molar-refractivity contribution in [2.24, 2.45) is 5.41 Å². The van der Waals surface area contributed by atoms with Gasteiger partial charge >= 0.3 is 5.97 Å². The van der Waals surface area contributed by atoms with E-state index in [1.807, 2.05) is 55.5 Å². The topological polar surface area (TPSA) is 88.5 Å². The molecule has 2 bridgehead atoms. The lowest BCUT2D eigenvalue weighted by atomic mass is 9.51. The minimum Gasteiger partial charge on any atom is -0.496 e. The molecular weight excluding hydrogens is 587 g/mol. The summed E-state index contributed by atoms with van der Waals surface area (Å²) in [7, 11) is 1.52. The van der Waals surface area contributed by atoms with Gasteiger partial charge < -0.3 is 15.2 Å². The van der Waals surface area contributed by atoms with Crippen molar-refractivity contribution >= 4 is 38.7 Å². The maximum Gasteiger partial charge on any atom is 0.309 e. The van der Waals surface area contributed by atoms with Crippen molar-refractivity contribution in [3.8, 4) is 17.0 Å². The van der Waals surface area contributed by atoms with E-state index in [9.17, 15) is 19.1 Å². The number of fused-ring (bicyclic) bond motifs is 4. The van der Waals surface area contributed by atoms with Gasteiger partial charge in [-0.1, -0.05) is 46.3 Å². The fraction of sp³-hybridized carbons (Fsp3) is 0.303. The number of carbonyl (C=O) groups is 2. The summed E-state index contributed by atoms with van der Waals surface area (Å²) in [5, 5.41) is 14.3. The third-order valence-electron chi connectivity index (χ3n) is 9.21. The van der Waals surface area contributed by atoms with Crippen LogP contribution in [-0.4, -0.2) is 34.6 Å². The van der Waals surface area contributed by atoms with Crippen LogP contribution in [0.1, 0.15) is 59.5 Å². The molecule has 0 spiro atoms. The van der Waals surface area contributed by atoms with Crippen molar-refractivity contribution in [2.75, 3.05) is 7.11 Å². The zero-order valence-electron chi connectivity index (χ0n) is 22.8. The molecule has 1 aromatic heterocycles. The lowest BCUT2D eigenvalue weighted by Gasteiger charge is -2.56. The van der Waals surface area contributed by atoms with Gasteiger partial charge in [0.25, 0.3) is 5.91 Å². The summed E-state index contributed by atoms with van der Waals surface area (Å²) in [4.78, 5) is 31.8. The molecule has 7 rings (SSSR count). The molecule has 8 heteroatoms. The summed E-state index contributed by atoms with van der Waals surface area (Å²) in [5.74, 6) is -1.48. The molecule has 3 fully saturated rings. The monoisotopic (exact) mass is 616 g/mol. The number of carboxylic acid groups (broad SMARTS) is 1. The predicted molar refractivity (Wildman–Crippen MR) is 159 cm³/mol. The highest BCUT2D eigenvalue weighted by atomic mass is 79.9. The number of carboxylic acids is 1. The van der Waals surface area contributed by atoms with Crippen LogP contribution in [0, 0.1) is 18.2 Å². The molecule has 1 amide bonds. The number of halogens is 2. The lowest BCUT2D eigenvalue weighted by Crippen LogP contribution is -2.62. The van der Waals surface area contributed by atoms with E-state index in [-0.39, 0.29) is 5.91 Å². The summed E-state index contributed by atoms with van der Waals surface area (Å²) in [5.41, 5.74) is 2.50. The summed E-state index contributed by atoms with van der Waals surface area (Å²) in [6.07, 6.45) is 2.10. The Kier molecular flexibility index (Phi) is 6.85. The number of aliphatic carboxylic acids is 1. The van der Waals surface area contributed by atoms with Crippen LogP contribution in [-0.2, 0) is 4.79 Å². The van der Waals surface area contributed by atoms with Crippen LogP contribution in [0.25, 0.3) is 22.2 Å². The van der Waals surface area contributed by atoms with E-state index in [0.717, 1.165) is 26.7 Å². The van der Waals surface area contributed by atoms with E-state index in [4.69, 9.17) is 9.72 Å².